The van der Waals surface area contributed by atoms with Gasteiger partial charge in [0.2, 0.25) is 0 Å². The van der Waals surface area contributed by atoms with Gasteiger partial charge in [-0.15, -0.1) is 0 Å². The second-order valence-electron chi connectivity index (χ2n) is 0.971. The highest BCUT2D eigenvalue weighted by molar-refractivity contribution is 5.95. The van der Waals surface area contributed by atoms with E-state index in [1.54, 1.807) is 13.0 Å². The summed E-state index contributed by atoms with van der Waals surface area (Å²) in [4.78, 5) is 4.26. The third-order valence-corrected chi connectivity index (χ3v) is 0.390. The number of hydrogen-bond acceptors (Lipinski definition) is 3. The molecule has 0 bridgehead atoms. The summed E-state index contributed by atoms with van der Waals surface area (Å²) in [7, 11) is 1.40. The van der Waals surface area contributed by atoms with Crippen molar-refractivity contribution in [3.05, 3.63) is 0 Å². The monoisotopic (exact) mass is 98.0 g/mol. The minimum Gasteiger partial charge on any atom is -0.398 e. The van der Waals surface area contributed by atoms with Crippen molar-refractivity contribution in [2.24, 2.45) is 5.16 Å². The van der Waals surface area contributed by atoms with Crippen LogP contribution in [0, 0.1) is 11.3 Å². The zero-order chi connectivity index (χ0) is 5.70. The molecule has 3 nitrogen and oxygen atoms in total. The summed E-state index contributed by atoms with van der Waals surface area (Å²) in [6, 6.07) is 1.79. The molecule has 0 rings (SSSR count). The Kier molecular flexibility index (Phi) is 2.69. The van der Waals surface area contributed by atoms with Crippen LogP contribution >= 0.6 is 0 Å². The predicted octanol–water partition coefficient (Wildman–Crippen LogP) is 0.532. The highest BCUT2D eigenvalue weighted by atomic mass is 16.6. The van der Waals surface area contributed by atoms with Gasteiger partial charge in [0, 0.05) is 0 Å². The first-order valence-electron chi connectivity index (χ1n) is 1.79. The molecule has 0 aromatic rings. The molecule has 0 aliphatic heterocycles. The number of rotatable bonds is 1. The van der Waals surface area contributed by atoms with Crippen LogP contribution in [0.3, 0.4) is 0 Å². The summed E-state index contributed by atoms with van der Waals surface area (Å²) >= 11 is 0. The van der Waals surface area contributed by atoms with Gasteiger partial charge in [-0.1, -0.05) is 5.16 Å². The van der Waals surface area contributed by atoms with E-state index < -0.39 is 0 Å². The van der Waals surface area contributed by atoms with E-state index in [1.165, 1.54) is 7.11 Å². The van der Waals surface area contributed by atoms with E-state index in [2.05, 4.69) is 9.99 Å². The molecule has 0 fully saturated rings. The molecule has 0 heterocycles. The van der Waals surface area contributed by atoms with Crippen molar-refractivity contribution in [1.29, 1.82) is 5.26 Å². The third-order valence-electron chi connectivity index (χ3n) is 0.390. The lowest BCUT2D eigenvalue weighted by atomic mass is 10.5. The van der Waals surface area contributed by atoms with Crippen LogP contribution in [0.1, 0.15) is 6.92 Å². The Bertz CT molecular complexity index is 111. The Balaban J connectivity index is 3.57. The van der Waals surface area contributed by atoms with Gasteiger partial charge >= 0.3 is 0 Å². The van der Waals surface area contributed by atoms with Crippen LogP contribution in [0.4, 0.5) is 0 Å². The molecule has 3 heteroatoms. The standard InChI is InChI=1S/C4H6N2O/c1-4(3-5)6-7-2/h1-2H3/b6-4+. The molecule has 0 aromatic carbocycles. The van der Waals surface area contributed by atoms with Gasteiger partial charge in [-0.3, -0.25) is 0 Å². The van der Waals surface area contributed by atoms with E-state index in [1.807, 2.05) is 0 Å². The summed E-state index contributed by atoms with van der Waals surface area (Å²) in [5, 5.41) is 11.3. The molecule has 0 radical (unpaired) electrons. The van der Waals surface area contributed by atoms with E-state index in [0.29, 0.717) is 5.71 Å². The molecule has 38 valence electrons. The van der Waals surface area contributed by atoms with E-state index >= 15 is 0 Å². The van der Waals surface area contributed by atoms with Crippen LogP contribution < -0.4 is 0 Å². The fourth-order valence-electron chi connectivity index (χ4n) is 0.157. The summed E-state index contributed by atoms with van der Waals surface area (Å²) in [5.41, 5.74) is 0.336. The summed E-state index contributed by atoms with van der Waals surface area (Å²) in [6.45, 7) is 1.57. The van der Waals surface area contributed by atoms with Gasteiger partial charge in [0.15, 0.2) is 5.71 Å². The maximum atomic E-state index is 8.01. The molecular formula is C4H6N2O. The molecule has 0 saturated carbocycles. The molecule has 0 N–H and O–H groups in total. The second-order valence-corrected chi connectivity index (χ2v) is 0.971. The first-order chi connectivity index (χ1) is 3.31. The Morgan fingerprint density at radius 3 is 2.57 bits per heavy atom. The smallest absolute Gasteiger partial charge is 0.153 e. The molecule has 0 unspecified atom stereocenters. The van der Waals surface area contributed by atoms with Crippen LogP contribution in [0.2, 0.25) is 0 Å². The van der Waals surface area contributed by atoms with Crippen molar-refractivity contribution in [3.63, 3.8) is 0 Å². The highest BCUT2D eigenvalue weighted by Crippen LogP contribution is 1.71. The summed E-state index contributed by atoms with van der Waals surface area (Å²) in [5.74, 6) is 0. The first-order valence-corrected chi connectivity index (χ1v) is 1.79. The molecule has 7 heavy (non-hydrogen) atoms. The topological polar surface area (TPSA) is 45.4 Å². The minimum atomic E-state index is 0.336. The lowest BCUT2D eigenvalue weighted by Crippen LogP contribution is -1.83. The van der Waals surface area contributed by atoms with Gasteiger partial charge in [-0.2, -0.15) is 5.26 Å². The number of oxime groups is 1. The van der Waals surface area contributed by atoms with Crippen molar-refractivity contribution in [1.82, 2.24) is 0 Å². The molecule has 0 aromatic heterocycles. The lowest BCUT2D eigenvalue weighted by molar-refractivity contribution is 0.214. The summed E-state index contributed by atoms with van der Waals surface area (Å²) in [6.07, 6.45) is 0. The SMILES string of the molecule is CO/N=C(\C)C#N. The van der Waals surface area contributed by atoms with Crippen molar-refractivity contribution < 1.29 is 4.84 Å². The van der Waals surface area contributed by atoms with Gasteiger partial charge < -0.3 is 4.84 Å². The van der Waals surface area contributed by atoms with Crippen LogP contribution in [0.5, 0.6) is 0 Å². The average Bonchev–Trinajstić information content (AvgIpc) is 1.68. The first kappa shape index (κ1) is 5.96. The van der Waals surface area contributed by atoms with Crippen LogP contribution in [0.15, 0.2) is 5.16 Å². The molecule has 0 amide bonds. The molecule has 0 atom stereocenters. The van der Waals surface area contributed by atoms with Crippen molar-refractivity contribution in [3.8, 4) is 6.07 Å². The normalized spacial score (nSPS) is 10.1. The van der Waals surface area contributed by atoms with Gasteiger partial charge in [0.25, 0.3) is 0 Å². The molecule has 0 spiro atoms. The minimum absolute atomic E-state index is 0.336. The maximum Gasteiger partial charge on any atom is 0.153 e. The second kappa shape index (κ2) is 3.16. The largest absolute Gasteiger partial charge is 0.398 e. The molecular weight excluding hydrogens is 92.1 g/mol. The van der Waals surface area contributed by atoms with E-state index in [4.69, 9.17) is 5.26 Å². The predicted molar refractivity (Wildman–Crippen MR) is 25.7 cm³/mol. The van der Waals surface area contributed by atoms with Gasteiger partial charge in [-0.05, 0) is 6.92 Å². The Morgan fingerprint density at radius 2 is 2.43 bits per heavy atom. The van der Waals surface area contributed by atoms with Crippen LogP contribution in [-0.2, 0) is 4.84 Å². The Morgan fingerprint density at radius 1 is 1.86 bits per heavy atom. The quantitative estimate of drug-likeness (QED) is 0.354. The van der Waals surface area contributed by atoms with Crippen LogP contribution in [-0.4, -0.2) is 12.8 Å². The Hall–Kier alpha value is -1.04. The molecule has 0 aliphatic carbocycles. The summed E-state index contributed by atoms with van der Waals surface area (Å²) < 4.78 is 0. The number of hydrogen-bond donors (Lipinski definition) is 0. The molecule has 0 saturated heterocycles. The zero-order valence-electron chi connectivity index (χ0n) is 4.30. The van der Waals surface area contributed by atoms with Gasteiger partial charge in [-0.25, -0.2) is 0 Å². The third kappa shape index (κ3) is 2.77. The number of nitrogens with zero attached hydrogens (tertiary/aromatic N) is 2. The van der Waals surface area contributed by atoms with Gasteiger partial charge in [0.1, 0.15) is 13.2 Å². The van der Waals surface area contributed by atoms with E-state index in [0.717, 1.165) is 0 Å². The maximum absolute atomic E-state index is 8.01. The van der Waals surface area contributed by atoms with Crippen molar-refractivity contribution >= 4 is 5.71 Å². The Labute approximate surface area is 42.2 Å². The highest BCUT2D eigenvalue weighted by Gasteiger charge is 1.79. The van der Waals surface area contributed by atoms with E-state index in [9.17, 15) is 0 Å². The van der Waals surface area contributed by atoms with Crippen molar-refractivity contribution in [2.45, 2.75) is 6.92 Å². The zero-order valence-corrected chi connectivity index (χ0v) is 4.30. The van der Waals surface area contributed by atoms with Gasteiger partial charge in [0.05, 0.1) is 0 Å². The van der Waals surface area contributed by atoms with E-state index in [-0.39, 0.29) is 0 Å². The number of nitriles is 1. The van der Waals surface area contributed by atoms with Crippen LogP contribution in [0.25, 0.3) is 0 Å². The average molecular weight is 98.1 g/mol. The fraction of sp³-hybridized carbons (Fsp3) is 0.500. The fourth-order valence-corrected chi connectivity index (χ4v) is 0.157. The van der Waals surface area contributed by atoms with Crippen molar-refractivity contribution in [2.75, 3.05) is 7.11 Å². The lowest BCUT2D eigenvalue weighted by Gasteiger charge is -1.81. The molecule has 0 aliphatic rings.